The van der Waals surface area contributed by atoms with Crippen LogP contribution in [0.1, 0.15) is 22.7 Å². The number of hydrogen-bond donors (Lipinski definition) is 1. The summed E-state index contributed by atoms with van der Waals surface area (Å²) in [5.41, 5.74) is 8.64. The van der Waals surface area contributed by atoms with Crippen LogP contribution in [0.3, 0.4) is 0 Å². The summed E-state index contributed by atoms with van der Waals surface area (Å²) in [6, 6.07) is 3.26. The molecule has 96 valence electrons. The lowest BCUT2D eigenvalue weighted by molar-refractivity contribution is 0.408. The average molecular weight is 257 g/mol. The zero-order chi connectivity index (χ0) is 13.2. The molecule has 0 aliphatic carbocycles. The molecule has 0 aliphatic rings. The molecule has 0 amide bonds. The van der Waals surface area contributed by atoms with Gasteiger partial charge >= 0.3 is 0 Å². The van der Waals surface area contributed by atoms with E-state index in [2.05, 4.69) is 0 Å². The van der Waals surface area contributed by atoms with Gasteiger partial charge in [0.25, 0.3) is 0 Å². The van der Waals surface area contributed by atoms with Crippen molar-refractivity contribution in [1.29, 1.82) is 0 Å². The van der Waals surface area contributed by atoms with Gasteiger partial charge in [-0.2, -0.15) is 0 Å². The third-order valence-electron chi connectivity index (χ3n) is 2.60. The summed E-state index contributed by atoms with van der Waals surface area (Å²) in [6.45, 7) is 3.84. The largest absolute Gasteiger partial charge is 0.496 e. The number of sulfone groups is 1. The van der Waals surface area contributed by atoms with E-state index in [4.69, 9.17) is 10.5 Å². The molecule has 1 rings (SSSR count). The molecular formula is C12H19NO3S. The summed E-state index contributed by atoms with van der Waals surface area (Å²) in [5.74, 6) is 0.776. The fraction of sp³-hybridized carbons (Fsp3) is 0.500. The van der Waals surface area contributed by atoms with Crippen molar-refractivity contribution in [2.24, 2.45) is 5.73 Å². The quantitative estimate of drug-likeness (QED) is 0.884. The Labute approximate surface area is 103 Å². The highest BCUT2D eigenvalue weighted by Gasteiger charge is 2.15. The number of benzene rings is 1. The zero-order valence-electron chi connectivity index (χ0n) is 10.6. The molecule has 1 aromatic carbocycles. The van der Waals surface area contributed by atoms with E-state index >= 15 is 0 Å². The molecule has 0 radical (unpaired) electrons. The van der Waals surface area contributed by atoms with Crippen LogP contribution < -0.4 is 10.5 Å². The van der Waals surface area contributed by atoms with Crippen molar-refractivity contribution >= 4 is 9.84 Å². The Morgan fingerprint density at radius 3 is 2.12 bits per heavy atom. The van der Waals surface area contributed by atoms with Gasteiger partial charge in [-0.15, -0.1) is 0 Å². The van der Waals surface area contributed by atoms with Crippen molar-refractivity contribution < 1.29 is 13.2 Å². The molecule has 17 heavy (non-hydrogen) atoms. The number of methoxy groups -OCH3 is 1. The SMILES string of the molecule is COc1c(C)cc(C(N)CS(C)(=O)=O)cc1C. The van der Waals surface area contributed by atoms with Crippen LogP contribution in [0.4, 0.5) is 0 Å². The molecule has 4 nitrogen and oxygen atoms in total. The highest BCUT2D eigenvalue weighted by molar-refractivity contribution is 7.90. The summed E-state index contributed by atoms with van der Waals surface area (Å²) in [6.07, 6.45) is 1.19. The van der Waals surface area contributed by atoms with Crippen molar-refractivity contribution in [2.45, 2.75) is 19.9 Å². The number of nitrogens with two attached hydrogens (primary N) is 1. The van der Waals surface area contributed by atoms with Gasteiger partial charge in [0.15, 0.2) is 0 Å². The number of aryl methyl sites for hydroxylation is 2. The smallest absolute Gasteiger partial charge is 0.149 e. The van der Waals surface area contributed by atoms with E-state index in [9.17, 15) is 8.42 Å². The Balaban J connectivity index is 3.08. The van der Waals surface area contributed by atoms with Crippen molar-refractivity contribution in [1.82, 2.24) is 0 Å². The van der Waals surface area contributed by atoms with Gasteiger partial charge in [0, 0.05) is 12.3 Å². The lowest BCUT2D eigenvalue weighted by Gasteiger charge is -2.15. The van der Waals surface area contributed by atoms with Gasteiger partial charge in [0.2, 0.25) is 0 Å². The van der Waals surface area contributed by atoms with E-state index in [0.29, 0.717) is 0 Å². The minimum Gasteiger partial charge on any atom is -0.496 e. The second-order valence-electron chi connectivity index (χ2n) is 4.39. The van der Waals surface area contributed by atoms with Gasteiger partial charge in [-0.3, -0.25) is 0 Å². The zero-order valence-corrected chi connectivity index (χ0v) is 11.5. The molecule has 1 unspecified atom stereocenters. The van der Waals surface area contributed by atoms with Crippen LogP contribution in [0.25, 0.3) is 0 Å². The van der Waals surface area contributed by atoms with Crippen LogP contribution >= 0.6 is 0 Å². The van der Waals surface area contributed by atoms with Crippen LogP contribution in [0, 0.1) is 13.8 Å². The molecule has 0 aromatic heterocycles. The van der Waals surface area contributed by atoms with Crippen molar-refractivity contribution in [3.8, 4) is 5.75 Å². The third-order valence-corrected chi connectivity index (χ3v) is 3.56. The van der Waals surface area contributed by atoms with E-state index in [1.807, 2.05) is 26.0 Å². The third kappa shape index (κ3) is 3.71. The van der Waals surface area contributed by atoms with Gasteiger partial charge < -0.3 is 10.5 Å². The highest BCUT2D eigenvalue weighted by Crippen LogP contribution is 2.26. The lowest BCUT2D eigenvalue weighted by atomic mass is 10.0. The van der Waals surface area contributed by atoms with Crippen LogP contribution in [0.15, 0.2) is 12.1 Å². The average Bonchev–Trinajstić information content (AvgIpc) is 2.14. The molecule has 0 heterocycles. The first kappa shape index (κ1) is 14.0. The Hall–Kier alpha value is -1.07. The molecule has 2 N–H and O–H groups in total. The van der Waals surface area contributed by atoms with Crippen molar-refractivity contribution in [2.75, 3.05) is 19.1 Å². The summed E-state index contributed by atoms with van der Waals surface area (Å²) in [5, 5.41) is 0. The predicted octanol–water partition coefficient (Wildman–Crippen LogP) is 1.36. The monoisotopic (exact) mass is 257 g/mol. The maximum Gasteiger partial charge on any atom is 0.149 e. The van der Waals surface area contributed by atoms with Crippen molar-refractivity contribution in [3.05, 3.63) is 28.8 Å². The van der Waals surface area contributed by atoms with Crippen molar-refractivity contribution in [3.63, 3.8) is 0 Å². The molecule has 1 atom stereocenters. The molecule has 0 saturated carbocycles. The Bertz CT molecular complexity index is 485. The topological polar surface area (TPSA) is 69.4 Å². The highest BCUT2D eigenvalue weighted by atomic mass is 32.2. The first-order valence-corrected chi connectivity index (χ1v) is 7.39. The van der Waals surface area contributed by atoms with E-state index in [1.165, 1.54) is 6.26 Å². The molecule has 0 fully saturated rings. The summed E-state index contributed by atoms with van der Waals surface area (Å²) >= 11 is 0. The summed E-state index contributed by atoms with van der Waals surface area (Å²) in [7, 11) is -1.45. The van der Waals surface area contributed by atoms with Gasteiger partial charge in [0.05, 0.1) is 12.9 Å². The number of hydrogen-bond acceptors (Lipinski definition) is 4. The maximum absolute atomic E-state index is 11.2. The molecule has 0 saturated heterocycles. The second kappa shape index (κ2) is 5.06. The molecule has 5 heteroatoms. The van der Waals surface area contributed by atoms with Gasteiger partial charge in [0.1, 0.15) is 15.6 Å². The molecule has 0 spiro atoms. The van der Waals surface area contributed by atoms with Crippen LogP contribution in [0.5, 0.6) is 5.75 Å². The Morgan fingerprint density at radius 1 is 1.29 bits per heavy atom. The van der Waals surface area contributed by atoms with Gasteiger partial charge in [-0.25, -0.2) is 8.42 Å². The molecule has 0 aliphatic heterocycles. The van der Waals surface area contributed by atoms with Gasteiger partial charge in [-0.1, -0.05) is 12.1 Å². The lowest BCUT2D eigenvalue weighted by Crippen LogP contribution is -2.21. The standard InChI is InChI=1S/C12H19NO3S/c1-8-5-10(6-9(2)12(8)16-3)11(13)7-17(4,14)15/h5-6,11H,7,13H2,1-4H3. The Morgan fingerprint density at radius 2 is 1.76 bits per heavy atom. The predicted molar refractivity (Wildman–Crippen MR) is 69.1 cm³/mol. The van der Waals surface area contributed by atoms with Gasteiger partial charge in [-0.05, 0) is 30.5 Å². The van der Waals surface area contributed by atoms with E-state index in [-0.39, 0.29) is 5.75 Å². The number of rotatable bonds is 4. The number of ether oxygens (including phenoxy) is 1. The van der Waals surface area contributed by atoms with E-state index < -0.39 is 15.9 Å². The molecule has 1 aromatic rings. The normalized spacial score (nSPS) is 13.5. The first-order chi connectivity index (χ1) is 7.74. The molecule has 0 bridgehead atoms. The van der Waals surface area contributed by atoms with Crippen LogP contribution in [-0.2, 0) is 9.84 Å². The van der Waals surface area contributed by atoms with E-state index in [1.54, 1.807) is 7.11 Å². The van der Waals surface area contributed by atoms with Crippen LogP contribution in [-0.4, -0.2) is 27.5 Å². The van der Waals surface area contributed by atoms with Crippen LogP contribution in [0.2, 0.25) is 0 Å². The fourth-order valence-corrected chi connectivity index (χ4v) is 2.79. The fourth-order valence-electron chi connectivity index (χ4n) is 1.94. The summed E-state index contributed by atoms with van der Waals surface area (Å²) < 4.78 is 27.7. The first-order valence-electron chi connectivity index (χ1n) is 5.33. The van der Waals surface area contributed by atoms with E-state index in [0.717, 1.165) is 22.4 Å². The second-order valence-corrected chi connectivity index (χ2v) is 6.57. The minimum atomic E-state index is -3.07. The Kier molecular flexibility index (Phi) is 4.16. The summed E-state index contributed by atoms with van der Waals surface area (Å²) in [4.78, 5) is 0. The maximum atomic E-state index is 11.2. The minimum absolute atomic E-state index is 0.0434. The molecular weight excluding hydrogens is 238 g/mol.